The van der Waals surface area contributed by atoms with Crippen molar-refractivity contribution in [2.45, 2.75) is 31.5 Å². The van der Waals surface area contributed by atoms with Gasteiger partial charge in [0.05, 0.1) is 12.6 Å². The molecule has 1 saturated heterocycles. The molecular weight excluding hydrogens is 394 g/mol. The van der Waals surface area contributed by atoms with E-state index in [2.05, 4.69) is 11.1 Å². The highest BCUT2D eigenvalue weighted by atomic mass is 16.3. The van der Waals surface area contributed by atoms with E-state index < -0.39 is 6.23 Å². The van der Waals surface area contributed by atoms with E-state index in [-0.39, 0.29) is 18.4 Å². The lowest BCUT2D eigenvalue weighted by atomic mass is 9.93. The Bertz CT molecular complexity index is 1090. The van der Waals surface area contributed by atoms with E-state index in [0.717, 1.165) is 18.4 Å². The van der Waals surface area contributed by atoms with Crippen LogP contribution in [0.3, 0.4) is 0 Å². The zero-order valence-electron chi connectivity index (χ0n) is 17.1. The van der Waals surface area contributed by atoms with Gasteiger partial charge in [-0.1, -0.05) is 36.4 Å². The monoisotopic (exact) mass is 419 g/mol. The van der Waals surface area contributed by atoms with Gasteiger partial charge in [0.2, 0.25) is 11.9 Å². The molecule has 2 aliphatic rings. The summed E-state index contributed by atoms with van der Waals surface area (Å²) in [5, 5.41) is 30.6. The predicted octanol–water partition coefficient (Wildman–Crippen LogP) is 2.26. The van der Waals surface area contributed by atoms with E-state index >= 15 is 0 Å². The van der Waals surface area contributed by atoms with Gasteiger partial charge in [-0.15, -0.1) is 0 Å². The van der Waals surface area contributed by atoms with Gasteiger partial charge in [0.15, 0.2) is 5.82 Å². The fourth-order valence-corrected chi connectivity index (χ4v) is 4.46. The molecular formula is C23H25N5O3. The van der Waals surface area contributed by atoms with Gasteiger partial charge in [-0.2, -0.15) is 15.0 Å². The number of aliphatic hydroxyl groups excluding tert-OH is 2. The second-order valence-electron chi connectivity index (χ2n) is 7.97. The molecule has 3 N–H and O–H groups in total. The number of nitrogens with zero attached hydrogens (tertiary/aromatic N) is 5. The van der Waals surface area contributed by atoms with Crippen molar-refractivity contribution in [3.8, 4) is 17.1 Å². The number of benzene rings is 2. The largest absolute Gasteiger partial charge is 0.508 e. The highest BCUT2D eigenvalue weighted by Crippen LogP contribution is 2.34. The summed E-state index contributed by atoms with van der Waals surface area (Å²) in [7, 11) is 0. The van der Waals surface area contributed by atoms with E-state index in [4.69, 9.17) is 9.97 Å². The minimum absolute atomic E-state index is 0.0637. The van der Waals surface area contributed by atoms with Crippen LogP contribution in [0.1, 0.15) is 30.0 Å². The fourth-order valence-electron chi connectivity index (χ4n) is 4.46. The van der Waals surface area contributed by atoms with Gasteiger partial charge in [-0.25, -0.2) is 0 Å². The number of aliphatic hydroxyl groups is 2. The van der Waals surface area contributed by atoms with Crippen LogP contribution in [0.25, 0.3) is 11.4 Å². The minimum atomic E-state index is -0.636. The molecule has 1 unspecified atom stereocenters. The van der Waals surface area contributed by atoms with E-state index in [1.165, 1.54) is 5.56 Å². The molecule has 31 heavy (non-hydrogen) atoms. The highest BCUT2D eigenvalue weighted by molar-refractivity contribution is 5.61. The second-order valence-corrected chi connectivity index (χ2v) is 7.97. The van der Waals surface area contributed by atoms with Crippen LogP contribution in [-0.4, -0.2) is 56.2 Å². The van der Waals surface area contributed by atoms with Crippen LogP contribution in [0.15, 0.2) is 48.5 Å². The number of hydrogen-bond acceptors (Lipinski definition) is 8. The second kappa shape index (κ2) is 8.13. The Morgan fingerprint density at radius 2 is 1.74 bits per heavy atom. The number of phenolic OH excluding ortho intramolecular Hbond substituents is 1. The van der Waals surface area contributed by atoms with E-state index in [0.29, 0.717) is 42.8 Å². The molecule has 160 valence electrons. The minimum Gasteiger partial charge on any atom is -0.508 e. The van der Waals surface area contributed by atoms with E-state index in [1.807, 2.05) is 29.2 Å². The smallest absolute Gasteiger partial charge is 0.232 e. The van der Waals surface area contributed by atoms with Crippen LogP contribution < -0.4 is 9.80 Å². The summed E-state index contributed by atoms with van der Waals surface area (Å²) in [6.07, 6.45) is 1.71. The number of fused-ring (bicyclic) bond motifs is 1. The van der Waals surface area contributed by atoms with Crippen molar-refractivity contribution < 1.29 is 15.3 Å². The zero-order valence-corrected chi connectivity index (χ0v) is 17.1. The Balaban J connectivity index is 1.61. The maximum atomic E-state index is 10.4. The standard InChI is InChI=1S/C23H25N5O3/c29-14-19-18-8-2-1-5-15(18)10-12-27(19)22-24-21(16-6-3-7-17(30)13-16)25-23(26-22)28-11-4-9-20(28)31/h1-3,5-8,13,19-20,29-31H,4,9-12,14H2/t19-,20?/m1/s1. The van der Waals surface area contributed by atoms with E-state index in [9.17, 15) is 15.3 Å². The molecule has 2 atom stereocenters. The lowest BCUT2D eigenvalue weighted by Gasteiger charge is -2.36. The molecule has 2 aromatic carbocycles. The summed E-state index contributed by atoms with van der Waals surface area (Å²) in [6, 6.07) is 14.6. The summed E-state index contributed by atoms with van der Waals surface area (Å²) in [5.41, 5.74) is 2.95. The first kappa shape index (κ1) is 19.7. The first-order valence-corrected chi connectivity index (χ1v) is 10.6. The number of aromatic hydroxyl groups is 1. The lowest BCUT2D eigenvalue weighted by molar-refractivity contribution is 0.184. The molecule has 0 amide bonds. The summed E-state index contributed by atoms with van der Waals surface area (Å²) in [6.45, 7) is 1.26. The maximum Gasteiger partial charge on any atom is 0.232 e. The number of phenols is 1. The lowest BCUT2D eigenvalue weighted by Crippen LogP contribution is -2.39. The van der Waals surface area contributed by atoms with Crippen molar-refractivity contribution >= 4 is 11.9 Å². The number of hydrogen-bond donors (Lipinski definition) is 3. The molecule has 0 spiro atoms. The Labute approximate surface area is 180 Å². The number of aromatic nitrogens is 3. The number of anilines is 2. The van der Waals surface area contributed by atoms with Crippen molar-refractivity contribution in [1.82, 2.24) is 15.0 Å². The first-order valence-electron chi connectivity index (χ1n) is 10.6. The van der Waals surface area contributed by atoms with Crippen LogP contribution in [0, 0.1) is 0 Å². The van der Waals surface area contributed by atoms with Gasteiger partial charge in [0.1, 0.15) is 12.0 Å². The average molecular weight is 419 g/mol. The van der Waals surface area contributed by atoms with Crippen molar-refractivity contribution in [3.63, 3.8) is 0 Å². The molecule has 0 saturated carbocycles. The molecule has 0 aliphatic carbocycles. The topological polar surface area (TPSA) is 106 Å². The zero-order chi connectivity index (χ0) is 21.4. The molecule has 1 aromatic heterocycles. The Morgan fingerprint density at radius 1 is 0.935 bits per heavy atom. The molecule has 3 aromatic rings. The summed E-state index contributed by atoms with van der Waals surface area (Å²) >= 11 is 0. The number of rotatable bonds is 4. The van der Waals surface area contributed by atoms with Crippen LogP contribution in [0.4, 0.5) is 11.9 Å². The van der Waals surface area contributed by atoms with Crippen LogP contribution >= 0.6 is 0 Å². The Kier molecular flexibility index (Phi) is 5.17. The van der Waals surface area contributed by atoms with Gasteiger partial charge in [0, 0.05) is 18.7 Å². The third-order valence-corrected chi connectivity index (χ3v) is 6.04. The highest BCUT2D eigenvalue weighted by Gasteiger charge is 2.31. The Hall–Kier alpha value is -3.23. The SMILES string of the molecule is OC[C@@H]1c2ccccc2CCN1c1nc(-c2cccc(O)c2)nc(N2CCCC2O)n1. The predicted molar refractivity (Wildman–Crippen MR) is 117 cm³/mol. The van der Waals surface area contributed by atoms with Gasteiger partial charge in [-0.05, 0) is 42.5 Å². The quantitative estimate of drug-likeness (QED) is 0.591. The normalized spacial score (nSPS) is 20.7. The molecule has 8 nitrogen and oxygen atoms in total. The summed E-state index contributed by atoms with van der Waals surface area (Å²) in [5.74, 6) is 1.41. The van der Waals surface area contributed by atoms with Gasteiger partial charge in [-0.3, -0.25) is 0 Å². The van der Waals surface area contributed by atoms with Crippen molar-refractivity contribution in [2.75, 3.05) is 29.5 Å². The molecule has 3 heterocycles. The average Bonchev–Trinajstić information content (AvgIpc) is 3.24. The molecule has 2 aliphatic heterocycles. The van der Waals surface area contributed by atoms with E-state index in [1.54, 1.807) is 23.1 Å². The van der Waals surface area contributed by atoms with Crippen molar-refractivity contribution in [1.29, 1.82) is 0 Å². The van der Waals surface area contributed by atoms with Crippen LogP contribution in [-0.2, 0) is 6.42 Å². The molecule has 0 bridgehead atoms. The van der Waals surface area contributed by atoms with Crippen molar-refractivity contribution in [3.05, 3.63) is 59.7 Å². The van der Waals surface area contributed by atoms with Gasteiger partial charge in [0.25, 0.3) is 0 Å². The van der Waals surface area contributed by atoms with Crippen LogP contribution in [0.2, 0.25) is 0 Å². The third-order valence-electron chi connectivity index (χ3n) is 6.04. The maximum absolute atomic E-state index is 10.4. The van der Waals surface area contributed by atoms with Crippen molar-refractivity contribution in [2.24, 2.45) is 0 Å². The summed E-state index contributed by atoms with van der Waals surface area (Å²) in [4.78, 5) is 17.8. The molecule has 1 fully saturated rings. The fraction of sp³-hybridized carbons (Fsp3) is 0.348. The first-order chi connectivity index (χ1) is 15.1. The molecule has 0 radical (unpaired) electrons. The third kappa shape index (κ3) is 3.68. The molecule has 8 heteroatoms. The van der Waals surface area contributed by atoms with Gasteiger partial charge < -0.3 is 25.1 Å². The van der Waals surface area contributed by atoms with Gasteiger partial charge >= 0.3 is 0 Å². The molecule has 5 rings (SSSR count). The summed E-state index contributed by atoms with van der Waals surface area (Å²) < 4.78 is 0. The Morgan fingerprint density at radius 3 is 2.48 bits per heavy atom. The van der Waals surface area contributed by atoms with Crippen LogP contribution in [0.5, 0.6) is 5.75 Å².